The molecule has 3 rings (SSSR count). The number of nitrogens with zero attached hydrogens (tertiary/aromatic N) is 1. The summed E-state index contributed by atoms with van der Waals surface area (Å²) in [6.45, 7) is 1.08. The van der Waals surface area contributed by atoms with Crippen LogP contribution in [-0.4, -0.2) is 34.5 Å². The number of aromatic amines is 1. The highest BCUT2D eigenvalue weighted by Crippen LogP contribution is 2.15. The lowest BCUT2D eigenvalue weighted by molar-refractivity contribution is 0.0949. The van der Waals surface area contributed by atoms with Gasteiger partial charge < -0.3 is 15.4 Å². The molecule has 1 heterocycles. The number of hydrogen-bond donors (Lipinski definition) is 3. The van der Waals surface area contributed by atoms with Gasteiger partial charge in [-0.25, -0.2) is 0 Å². The Morgan fingerprint density at radius 3 is 2.50 bits per heavy atom. The molecule has 0 spiro atoms. The summed E-state index contributed by atoms with van der Waals surface area (Å²) in [5.41, 5.74) is 1.85. The quantitative estimate of drug-likeness (QED) is 0.517. The van der Waals surface area contributed by atoms with Crippen molar-refractivity contribution in [2.75, 3.05) is 13.6 Å². The average Bonchev–Trinajstić information content (AvgIpc) is 2.73. The molecule has 0 saturated carbocycles. The molecule has 0 aliphatic heterocycles. The van der Waals surface area contributed by atoms with E-state index in [0.29, 0.717) is 23.8 Å². The molecule has 0 aliphatic rings. The van der Waals surface area contributed by atoms with Crippen molar-refractivity contribution < 1.29 is 9.90 Å². The van der Waals surface area contributed by atoms with Crippen molar-refractivity contribution in [2.24, 2.45) is 0 Å². The summed E-state index contributed by atoms with van der Waals surface area (Å²) in [6.07, 6.45) is -0.627. The van der Waals surface area contributed by atoms with Gasteiger partial charge in [-0.2, -0.15) is 0 Å². The molecule has 30 heavy (non-hydrogen) atoms. The number of halogens is 1. The molecule has 0 bridgehead atoms. The maximum absolute atomic E-state index is 12.4. The highest BCUT2D eigenvalue weighted by molar-refractivity contribution is 6.31. The molecule has 0 radical (unpaired) electrons. The maximum Gasteiger partial charge on any atom is 0.261 e. The van der Waals surface area contributed by atoms with E-state index >= 15 is 0 Å². The smallest absolute Gasteiger partial charge is 0.261 e. The number of hydrogen-bond acceptors (Lipinski definition) is 4. The second kappa shape index (κ2) is 10.2. The van der Waals surface area contributed by atoms with Gasteiger partial charge in [0.05, 0.1) is 6.10 Å². The molecule has 1 atom stereocenters. The van der Waals surface area contributed by atoms with E-state index in [9.17, 15) is 14.7 Å². The molecular formula is C23H24ClN3O3. The van der Waals surface area contributed by atoms with E-state index in [2.05, 4.69) is 10.3 Å². The van der Waals surface area contributed by atoms with Crippen molar-refractivity contribution in [3.8, 4) is 0 Å². The number of carbonyl (C=O) groups excluding carboxylic acids is 1. The first-order valence-electron chi connectivity index (χ1n) is 9.59. The molecule has 2 aromatic carbocycles. The van der Waals surface area contributed by atoms with Gasteiger partial charge in [0.25, 0.3) is 11.5 Å². The summed E-state index contributed by atoms with van der Waals surface area (Å²) in [5, 5.41) is 13.6. The number of aromatic nitrogens is 1. The monoisotopic (exact) mass is 425 g/mol. The number of H-pyrrole nitrogens is 1. The number of amides is 1. The number of nitrogens with one attached hydrogen (secondary N) is 2. The van der Waals surface area contributed by atoms with E-state index < -0.39 is 17.6 Å². The standard InChI is InChI=1S/C23H24ClN3O3/c1-27(15-21(28)16-7-3-2-4-8-16)14-18-11-12-19(23(30)26-18)22(29)25-13-17-9-5-6-10-20(17)24/h2-12,21,28H,13-15H2,1H3,(H,25,29)(H,26,30)/t21-/m0/s1. The zero-order valence-electron chi connectivity index (χ0n) is 16.6. The van der Waals surface area contributed by atoms with Gasteiger partial charge in [-0.15, -0.1) is 0 Å². The first-order chi connectivity index (χ1) is 14.4. The van der Waals surface area contributed by atoms with Crippen LogP contribution in [0.3, 0.4) is 0 Å². The van der Waals surface area contributed by atoms with Crippen molar-refractivity contribution >= 4 is 17.5 Å². The Bertz CT molecular complexity index is 1050. The average molecular weight is 426 g/mol. The fourth-order valence-electron chi connectivity index (χ4n) is 3.13. The van der Waals surface area contributed by atoms with Crippen LogP contribution in [0.25, 0.3) is 0 Å². The fraction of sp³-hybridized carbons (Fsp3) is 0.217. The van der Waals surface area contributed by atoms with Crippen LogP contribution in [0.15, 0.2) is 71.5 Å². The molecule has 3 aromatic rings. The number of aliphatic hydroxyl groups is 1. The molecule has 3 N–H and O–H groups in total. The van der Waals surface area contributed by atoms with E-state index in [1.165, 1.54) is 6.07 Å². The highest BCUT2D eigenvalue weighted by atomic mass is 35.5. The van der Waals surface area contributed by atoms with Crippen LogP contribution in [0.5, 0.6) is 0 Å². The molecule has 1 aromatic heterocycles. The Hall–Kier alpha value is -2.93. The minimum absolute atomic E-state index is 0.0396. The number of pyridine rings is 1. The summed E-state index contributed by atoms with van der Waals surface area (Å²) < 4.78 is 0. The van der Waals surface area contributed by atoms with Crippen LogP contribution in [0.1, 0.15) is 33.3 Å². The van der Waals surface area contributed by atoms with Crippen molar-refractivity contribution in [1.82, 2.24) is 15.2 Å². The van der Waals surface area contributed by atoms with Gasteiger partial charge in [0, 0.05) is 30.4 Å². The topological polar surface area (TPSA) is 85.4 Å². The Morgan fingerprint density at radius 2 is 1.80 bits per heavy atom. The SMILES string of the molecule is CN(Cc1ccc(C(=O)NCc2ccccc2Cl)c(=O)[nH]1)C[C@H](O)c1ccccc1. The van der Waals surface area contributed by atoms with Crippen LogP contribution in [0.2, 0.25) is 5.02 Å². The third-order valence-corrected chi connectivity index (χ3v) is 5.09. The minimum Gasteiger partial charge on any atom is -0.387 e. The van der Waals surface area contributed by atoms with E-state index in [1.807, 2.05) is 60.5 Å². The van der Waals surface area contributed by atoms with Gasteiger partial charge in [0.2, 0.25) is 0 Å². The van der Waals surface area contributed by atoms with Crippen molar-refractivity contribution in [1.29, 1.82) is 0 Å². The van der Waals surface area contributed by atoms with E-state index in [-0.39, 0.29) is 12.1 Å². The van der Waals surface area contributed by atoms with Crippen LogP contribution in [-0.2, 0) is 13.1 Å². The van der Waals surface area contributed by atoms with Gasteiger partial charge in [-0.3, -0.25) is 14.5 Å². The number of rotatable bonds is 8. The predicted octanol–water partition coefficient (Wildman–Crippen LogP) is 3.12. The second-order valence-corrected chi connectivity index (χ2v) is 7.53. The lowest BCUT2D eigenvalue weighted by Gasteiger charge is -2.20. The zero-order chi connectivity index (χ0) is 21.5. The van der Waals surface area contributed by atoms with Crippen LogP contribution >= 0.6 is 11.6 Å². The molecule has 0 unspecified atom stereocenters. The third kappa shape index (κ3) is 5.79. The zero-order valence-corrected chi connectivity index (χ0v) is 17.4. The van der Waals surface area contributed by atoms with Crippen LogP contribution < -0.4 is 10.9 Å². The molecule has 0 aliphatic carbocycles. The summed E-state index contributed by atoms with van der Waals surface area (Å²) >= 11 is 6.09. The normalized spacial score (nSPS) is 12.0. The first kappa shape index (κ1) is 21.8. The van der Waals surface area contributed by atoms with E-state index in [0.717, 1.165) is 11.1 Å². The first-order valence-corrected chi connectivity index (χ1v) is 9.97. The molecule has 0 saturated heterocycles. The van der Waals surface area contributed by atoms with Gasteiger partial charge in [-0.05, 0) is 36.4 Å². The Morgan fingerprint density at radius 1 is 1.10 bits per heavy atom. The highest BCUT2D eigenvalue weighted by Gasteiger charge is 2.14. The third-order valence-electron chi connectivity index (χ3n) is 4.72. The van der Waals surface area contributed by atoms with Crippen LogP contribution in [0.4, 0.5) is 0 Å². The number of likely N-dealkylation sites (N-methyl/N-ethyl adjacent to an activating group) is 1. The Balaban J connectivity index is 1.58. The van der Waals surface area contributed by atoms with Crippen molar-refractivity contribution in [2.45, 2.75) is 19.2 Å². The lowest BCUT2D eigenvalue weighted by atomic mass is 10.1. The summed E-state index contributed by atoms with van der Waals surface area (Å²) in [6, 6.07) is 19.8. The van der Waals surface area contributed by atoms with E-state index in [4.69, 9.17) is 11.6 Å². The molecule has 156 valence electrons. The fourth-order valence-corrected chi connectivity index (χ4v) is 3.33. The largest absolute Gasteiger partial charge is 0.387 e. The number of aliphatic hydroxyl groups excluding tert-OH is 1. The van der Waals surface area contributed by atoms with Gasteiger partial charge in [0.15, 0.2) is 0 Å². The second-order valence-electron chi connectivity index (χ2n) is 7.12. The molecule has 0 fully saturated rings. The number of benzene rings is 2. The minimum atomic E-state index is -0.627. The van der Waals surface area contributed by atoms with Crippen LogP contribution in [0, 0.1) is 0 Å². The summed E-state index contributed by atoms with van der Waals surface area (Å²) in [5.74, 6) is -0.462. The van der Waals surface area contributed by atoms with Gasteiger partial charge >= 0.3 is 0 Å². The Kier molecular flexibility index (Phi) is 7.41. The lowest BCUT2D eigenvalue weighted by Crippen LogP contribution is -2.31. The maximum atomic E-state index is 12.4. The van der Waals surface area contributed by atoms with E-state index in [1.54, 1.807) is 12.1 Å². The van der Waals surface area contributed by atoms with Gasteiger partial charge in [0.1, 0.15) is 5.56 Å². The summed E-state index contributed by atoms with van der Waals surface area (Å²) in [4.78, 5) is 29.4. The predicted molar refractivity (Wildman–Crippen MR) is 117 cm³/mol. The molecule has 1 amide bonds. The van der Waals surface area contributed by atoms with Crippen molar-refractivity contribution in [3.05, 3.63) is 104 Å². The molecule has 6 nitrogen and oxygen atoms in total. The Labute approximate surface area is 180 Å². The molecule has 7 heteroatoms. The van der Waals surface area contributed by atoms with Crippen molar-refractivity contribution in [3.63, 3.8) is 0 Å². The molecular weight excluding hydrogens is 402 g/mol. The number of carbonyl (C=O) groups is 1. The summed E-state index contributed by atoms with van der Waals surface area (Å²) in [7, 11) is 1.86. The van der Waals surface area contributed by atoms with Gasteiger partial charge in [-0.1, -0.05) is 60.1 Å².